The molecule has 0 saturated carbocycles. The van der Waals surface area contributed by atoms with E-state index in [1.165, 1.54) is 24.3 Å². The van der Waals surface area contributed by atoms with Crippen molar-refractivity contribution in [3.05, 3.63) is 68.7 Å². The molecule has 1 N–H and O–H groups in total. The van der Waals surface area contributed by atoms with Gasteiger partial charge in [0, 0.05) is 15.9 Å². The second-order valence-corrected chi connectivity index (χ2v) is 5.90. The summed E-state index contributed by atoms with van der Waals surface area (Å²) in [5, 5.41) is 10.3. The van der Waals surface area contributed by atoms with Crippen LogP contribution in [0.2, 0.25) is 5.02 Å². The molecule has 2 aromatic rings. The third kappa shape index (κ3) is 4.27. The van der Waals surface area contributed by atoms with Crippen LogP contribution < -0.4 is 0 Å². The lowest BCUT2D eigenvalue weighted by Gasteiger charge is -2.12. The molecule has 0 saturated heterocycles. The van der Waals surface area contributed by atoms with Crippen LogP contribution in [0, 0.1) is 11.6 Å². The predicted octanol–water partition coefficient (Wildman–Crippen LogP) is 4.53. The van der Waals surface area contributed by atoms with Crippen molar-refractivity contribution in [2.45, 2.75) is 18.9 Å². The number of benzene rings is 2. The Bertz CT molecular complexity index is 599. The van der Waals surface area contributed by atoms with Crippen LogP contribution in [0.15, 0.2) is 40.9 Å². The van der Waals surface area contributed by atoms with E-state index in [1.54, 1.807) is 12.1 Å². The summed E-state index contributed by atoms with van der Waals surface area (Å²) in [6, 6.07) is 8.53. The van der Waals surface area contributed by atoms with Crippen LogP contribution in [0.25, 0.3) is 0 Å². The zero-order valence-electron chi connectivity index (χ0n) is 10.4. The molecular formula is C15H12BrClF2O. The summed E-state index contributed by atoms with van der Waals surface area (Å²) in [7, 11) is 0. The standard InChI is InChI=1S/C15H12BrClF2O/c16-11-3-9(4-13(19)7-11)5-14(20)6-10-1-2-12(18)8-15(10)17/h1-4,7-8,14,20H,5-6H2. The highest BCUT2D eigenvalue weighted by Crippen LogP contribution is 2.21. The second kappa shape index (κ2) is 6.66. The van der Waals surface area contributed by atoms with Gasteiger partial charge in [0.2, 0.25) is 0 Å². The van der Waals surface area contributed by atoms with Crippen molar-refractivity contribution in [1.29, 1.82) is 0 Å². The molecular weight excluding hydrogens is 350 g/mol. The van der Waals surface area contributed by atoms with Gasteiger partial charge in [-0.3, -0.25) is 0 Å². The number of rotatable bonds is 4. The maximum Gasteiger partial charge on any atom is 0.124 e. The van der Waals surface area contributed by atoms with E-state index in [0.717, 1.165) is 0 Å². The lowest BCUT2D eigenvalue weighted by molar-refractivity contribution is 0.175. The van der Waals surface area contributed by atoms with Gasteiger partial charge < -0.3 is 5.11 Å². The zero-order valence-corrected chi connectivity index (χ0v) is 12.8. The highest BCUT2D eigenvalue weighted by atomic mass is 79.9. The summed E-state index contributed by atoms with van der Waals surface area (Å²) < 4.78 is 26.8. The van der Waals surface area contributed by atoms with Crippen LogP contribution in [0.3, 0.4) is 0 Å². The first-order valence-corrected chi connectivity index (χ1v) is 7.18. The first kappa shape index (κ1) is 15.4. The van der Waals surface area contributed by atoms with Crippen LogP contribution in [0.5, 0.6) is 0 Å². The quantitative estimate of drug-likeness (QED) is 0.848. The molecule has 0 aromatic heterocycles. The highest BCUT2D eigenvalue weighted by Gasteiger charge is 2.11. The van der Waals surface area contributed by atoms with E-state index >= 15 is 0 Å². The van der Waals surface area contributed by atoms with Crippen molar-refractivity contribution < 1.29 is 13.9 Å². The minimum atomic E-state index is -0.716. The molecule has 0 bridgehead atoms. The molecule has 2 aromatic carbocycles. The summed E-state index contributed by atoms with van der Waals surface area (Å²) in [6.07, 6.45) is -0.135. The Kier molecular flexibility index (Phi) is 5.13. The van der Waals surface area contributed by atoms with Gasteiger partial charge in [-0.25, -0.2) is 8.78 Å². The van der Waals surface area contributed by atoms with Crippen LogP contribution in [-0.4, -0.2) is 11.2 Å². The molecule has 1 nitrogen and oxygen atoms in total. The fourth-order valence-corrected chi connectivity index (χ4v) is 2.77. The van der Waals surface area contributed by atoms with E-state index in [1.807, 2.05) is 0 Å². The zero-order chi connectivity index (χ0) is 14.7. The van der Waals surface area contributed by atoms with E-state index < -0.39 is 11.9 Å². The molecule has 0 aliphatic heterocycles. The first-order chi connectivity index (χ1) is 9.44. The van der Waals surface area contributed by atoms with Crippen LogP contribution >= 0.6 is 27.5 Å². The molecule has 106 valence electrons. The number of aliphatic hydroxyl groups is 1. The highest BCUT2D eigenvalue weighted by molar-refractivity contribution is 9.10. The van der Waals surface area contributed by atoms with Crippen molar-refractivity contribution in [2.24, 2.45) is 0 Å². The Morgan fingerprint density at radius 1 is 1.05 bits per heavy atom. The lowest BCUT2D eigenvalue weighted by atomic mass is 10.0. The van der Waals surface area contributed by atoms with Crippen LogP contribution in [-0.2, 0) is 12.8 Å². The van der Waals surface area contributed by atoms with Gasteiger partial charge in [-0.15, -0.1) is 0 Å². The summed E-state index contributed by atoms with van der Waals surface area (Å²) in [5.74, 6) is -0.774. The SMILES string of the molecule is OC(Cc1cc(F)cc(Br)c1)Cc1ccc(F)cc1Cl. The fraction of sp³-hybridized carbons (Fsp3) is 0.200. The van der Waals surface area contributed by atoms with Gasteiger partial charge in [0.1, 0.15) is 11.6 Å². The Morgan fingerprint density at radius 3 is 2.45 bits per heavy atom. The van der Waals surface area contributed by atoms with Gasteiger partial charge in [-0.2, -0.15) is 0 Å². The number of hydrogen-bond acceptors (Lipinski definition) is 1. The van der Waals surface area contributed by atoms with Crippen molar-refractivity contribution in [3.8, 4) is 0 Å². The van der Waals surface area contributed by atoms with Gasteiger partial charge in [0.05, 0.1) is 6.10 Å². The first-order valence-electron chi connectivity index (χ1n) is 6.01. The molecule has 0 heterocycles. The molecule has 0 aliphatic carbocycles. The van der Waals surface area contributed by atoms with E-state index in [2.05, 4.69) is 15.9 Å². The molecule has 0 fully saturated rings. The maximum absolute atomic E-state index is 13.2. The summed E-state index contributed by atoms with van der Waals surface area (Å²) >= 11 is 9.11. The van der Waals surface area contributed by atoms with Gasteiger partial charge >= 0.3 is 0 Å². The van der Waals surface area contributed by atoms with Gasteiger partial charge in [-0.05, 0) is 47.9 Å². The summed E-state index contributed by atoms with van der Waals surface area (Å²) in [4.78, 5) is 0. The number of hydrogen-bond donors (Lipinski definition) is 1. The number of halogens is 4. The molecule has 2 rings (SSSR count). The third-order valence-electron chi connectivity index (χ3n) is 2.86. The molecule has 0 aliphatic rings. The van der Waals surface area contributed by atoms with E-state index in [-0.39, 0.29) is 17.3 Å². The van der Waals surface area contributed by atoms with E-state index in [9.17, 15) is 13.9 Å². The number of aliphatic hydroxyl groups excluding tert-OH is 1. The minimum Gasteiger partial charge on any atom is -0.392 e. The largest absolute Gasteiger partial charge is 0.392 e. The maximum atomic E-state index is 13.2. The molecule has 1 unspecified atom stereocenters. The summed E-state index contributed by atoms with van der Waals surface area (Å²) in [6.45, 7) is 0. The molecule has 0 radical (unpaired) electrons. The van der Waals surface area contributed by atoms with Gasteiger partial charge in [0.15, 0.2) is 0 Å². The smallest absolute Gasteiger partial charge is 0.124 e. The monoisotopic (exact) mass is 360 g/mol. The van der Waals surface area contributed by atoms with Crippen molar-refractivity contribution in [1.82, 2.24) is 0 Å². The van der Waals surface area contributed by atoms with Crippen LogP contribution in [0.1, 0.15) is 11.1 Å². The fourth-order valence-electron chi connectivity index (χ4n) is 2.01. The lowest BCUT2D eigenvalue weighted by Crippen LogP contribution is -2.14. The average molecular weight is 362 g/mol. The Labute approximate surface area is 129 Å². The summed E-state index contributed by atoms with van der Waals surface area (Å²) in [5.41, 5.74) is 1.35. The molecule has 0 spiro atoms. The molecule has 1 atom stereocenters. The minimum absolute atomic E-state index is 0.282. The van der Waals surface area contributed by atoms with Crippen LogP contribution in [0.4, 0.5) is 8.78 Å². The average Bonchev–Trinajstić information content (AvgIpc) is 2.31. The molecule has 5 heteroatoms. The van der Waals surface area contributed by atoms with Crippen molar-refractivity contribution in [2.75, 3.05) is 0 Å². The third-order valence-corrected chi connectivity index (χ3v) is 3.67. The van der Waals surface area contributed by atoms with Crippen molar-refractivity contribution in [3.63, 3.8) is 0 Å². The van der Waals surface area contributed by atoms with Gasteiger partial charge in [-0.1, -0.05) is 33.6 Å². The van der Waals surface area contributed by atoms with Gasteiger partial charge in [0.25, 0.3) is 0 Å². The Hall–Kier alpha value is -0.970. The van der Waals surface area contributed by atoms with Crippen molar-refractivity contribution >= 4 is 27.5 Å². The van der Waals surface area contributed by atoms with E-state index in [4.69, 9.17) is 11.6 Å². The second-order valence-electron chi connectivity index (χ2n) is 4.58. The van der Waals surface area contributed by atoms with E-state index in [0.29, 0.717) is 22.0 Å². The Morgan fingerprint density at radius 2 is 1.80 bits per heavy atom. The topological polar surface area (TPSA) is 20.2 Å². The molecule has 0 amide bonds. The molecule has 20 heavy (non-hydrogen) atoms. The normalized spacial score (nSPS) is 12.4. The predicted molar refractivity (Wildman–Crippen MR) is 78.9 cm³/mol. The Balaban J connectivity index is 2.06.